The lowest BCUT2D eigenvalue weighted by molar-refractivity contribution is -0.385. The Hall–Kier alpha value is -4.07. The highest BCUT2D eigenvalue weighted by Gasteiger charge is 2.27. The maximum absolute atomic E-state index is 13.4. The molecule has 0 saturated carbocycles. The van der Waals surface area contributed by atoms with Crippen molar-refractivity contribution < 1.29 is 19.2 Å². The molecular weight excluding hydrogens is 542 g/mol. The van der Waals surface area contributed by atoms with Crippen LogP contribution in [0.3, 0.4) is 0 Å². The number of urea groups is 1. The van der Waals surface area contributed by atoms with Gasteiger partial charge in [-0.05, 0) is 60.3 Å². The van der Waals surface area contributed by atoms with Crippen LogP contribution in [0.2, 0.25) is 0 Å². The summed E-state index contributed by atoms with van der Waals surface area (Å²) in [6, 6.07) is 19.9. The first-order valence-corrected chi connectivity index (χ1v) is 15.1. The molecular formula is C35H47N3O5. The van der Waals surface area contributed by atoms with Crippen LogP contribution in [-0.2, 0) is 17.4 Å². The molecule has 8 heteroatoms. The number of hydrogen-bond donors (Lipinski definition) is 1. The van der Waals surface area contributed by atoms with Crippen LogP contribution in [0.15, 0.2) is 66.7 Å². The van der Waals surface area contributed by atoms with Gasteiger partial charge in [0.25, 0.3) is 5.69 Å². The number of nitrogens with one attached hydrogen (secondary N) is 1. The zero-order valence-corrected chi connectivity index (χ0v) is 26.7. The summed E-state index contributed by atoms with van der Waals surface area (Å²) in [5, 5.41) is 14.5. The van der Waals surface area contributed by atoms with Crippen LogP contribution < -0.4 is 14.8 Å². The zero-order valence-electron chi connectivity index (χ0n) is 26.7. The number of para-hydroxylation sites is 1. The standard InChI is InChI=1S/C35H47N3O5/c1-8-34(3,4)27-19-20-32(30(23-27)35(5,6)9-2)43-22-13-12-21-37(25-26-15-10-11-18-31(26)38(40)41)33(39)36-28-16-14-17-29(24-28)42-7/h10-11,14-20,23-24H,8-9,12-13,21-22,25H2,1-7H3,(H,36,39). The van der Waals surface area contributed by atoms with Gasteiger partial charge in [-0.3, -0.25) is 10.1 Å². The lowest BCUT2D eigenvalue weighted by Crippen LogP contribution is -2.35. The summed E-state index contributed by atoms with van der Waals surface area (Å²) < 4.78 is 11.6. The smallest absolute Gasteiger partial charge is 0.322 e. The van der Waals surface area contributed by atoms with Gasteiger partial charge in [0.15, 0.2) is 0 Å². The van der Waals surface area contributed by atoms with E-state index in [2.05, 4.69) is 65.1 Å². The molecule has 0 saturated heterocycles. The number of benzene rings is 3. The molecule has 0 aliphatic carbocycles. The van der Waals surface area contributed by atoms with Crippen LogP contribution in [-0.4, -0.2) is 36.1 Å². The summed E-state index contributed by atoms with van der Waals surface area (Å²) in [4.78, 5) is 26.2. The van der Waals surface area contributed by atoms with E-state index in [0.717, 1.165) is 18.6 Å². The van der Waals surface area contributed by atoms with Gasteiger partial charge in [0, 0.05) is 35.5 Å². The lowest BCUT2D eigenvalue weighted by atomic mass is 9.76. The van der Waals surface area contributed by atoms with Gasteiger partial charge in [0.05, 0.1) is 25.2 Å². The largest absolute Gasteiger partial charge is 0.497 e. The molecule has 232 valence electrons. The molecule has 0 spiro atoms. The first-order chi connectivity index (χ1) is 20.4. The summed E-state index contributed by atoms with van der Waals surface area (Å²) in [5.41, 5.74) is 3.63. The predicted octanol–water partition coefficient (Wildman–Crippen LogP) is 8.87. The molecule has 8 nitrogen and oxygen atoms in total. The van der Waals surface area contributed by atoms with E-state index in [9.17, 15) is 14.9 Å². The van der Waals surface area contributed by atoms with Gasteiger partial charge >= 0.3 is 6.03 Å². The summed E-state index contributed by atoms with van der Waals surface area (Å²) in [7, 11) is 1.57. The maximum atomic E-state index is 13.4. The molecule has 0 radical (unpaired) electrons. The number of nitro groups is 1. The van der Waals surface area contributed by atoms with Crippen LogP contribution in [0.4, 0.5) is 16.2 Å². The second-order valence-corrected chi connectivity index (χ2v) is 12.2. The Labute approximate surface area is 256 Å². The summed E-state index contributed by atoms with van der Waals surface area (Å²) >= 11 is 0. The minimum Gasteiger partial charge on any atom is -0.497 e. The molecule has 0 aliphatic rings. The number of hydrogen-bond acceptors (Lipinski definition) is 5. The fourth-order valence-electron chi connectivity index (χ4n) is 4.77. The van der Waals surface area contributed by atoms with Gasteiger partial charge in [-0.25, -0.2) is 4.79 Å². The third-order valence-corrected chi connectivity index (χ3v) is 8.50. The van der Waals surface area contributed by atoms with Gasteiger partial charge in [-0.2, -0.15) is 0 Å². The Morgan fingerprint density at radius 1 is 0.930 bits per heavy atom. The number of unbranched alkanes of at least 4 members (excludes halogenated alkanes) is 1. The molecule has 3 rings (SSSR count). The number of anilines is 1. The van der Waals surface area contributed by atoms with Crippen molar-refractivity contribution in [3.05, 3.63) is 93.5 Å². The minimum absolute atomic E-state index is 0.00854. The molecule has 2 amide bonds. The number of rotatable bonds is 15. The maximum Gasteiger partial charge on any atom is 0.322 e. The van der Waals surface area contributed by atoms with Gasteiger partial charge in [0.2, 0.25) is 0 Å². The summed E-state index contributed by atoms with van der Waals surface area (Å²) in [5.74, 6) is 1.52. The SMILES string of the molecule is CCC(C)(C)c1ccc(OCCCCN(Cc2ccccc2[N+](=O)[O-])C(=O)Nc2cccc(OC)c2)c(C(C)(C)CC)c1. The monoisotopic (exact) mass is 589 g/mol. The van der Waals surface area contributed by atoms with E-state index in [1.165, 1.54) is 17.2 Å². The molecule has 0 unspecified atom stereocenters. The van der Waals surface area contributed by atoms with E-state index in [4.69, 9.17) is 9.47 Å². The molecule has 0 heterocycles. The van der Waals surface area contributed by atoms with Crippen molar-refractivity contribution >= 4 is 17.4 Å². The second-order valence-electron chi connectivity index (χ2n) is 12.2. The van der Waals surface area contributed by atoms with Gasteiger partial charge in [-0.1, -0.05) is 77.9 Å². The number of nitrogens with zero attached hydrogens (tertiary/aromatic N) is 2. The molecule has 0 aromatic heterocycles. The number of methoxy groups -OCH3 is 1. The van der Waals surface area contributed by atoms with E-state index in [1.54, 1.807) is 54.5 Å². The van der Waals surface area contributed by atoms with Gasteiger partial charge in [0.1, 0.15) is 11.5 Å². The Morgan fingerprint density at radius 2 is 1.65 bits per heavy atom. The molecule has 43 heavy (non-hydrogen) atoms. The second kappa shape index (κ2) is 14.9. The summed E-state index contributed by atoms with van der Waals surface area (Å²) in [6.07, 6.45) is 3.42. The van der Waals surface area contributed by atoms with Crippen molar-refractivity contribution in [3.63, 3.8) is 0 Å². The third-order valence-electron chi connectivity index (χ3n) is 8.50. The van der Waals surface area contributed by atoms with E-state index >= 15 is 0 Å². The van der Waals surface area contributed by atoms with Crippen molar-refractivity contribution in [1.29, 1.82) is 0 Å². The number of amides is 2. The van der Waals surface area contributed by atoms with E-state index < -0.39 is 4.92 Å². The first kappa shape index (κ1) is 33.4. The first-order valence-electron chi connectivity index (χ1n) is 15.1. The van der Waals surface area contributed by atoms with Crippen LogP contribution in [0, 0.1) is 10.1 Å². The Balaban J connectivity index is 1.72. The van der Waals surface area contributed by atoms with Crippen molar-refractivity contribution in [2.75, 3.05) is 25.6 Å². The van der Waals surface area contributed by atoms with Crippen LogP contribution >= 0.6 is 0 Å². The highest BCUT2D eigenvalue weighted by Crippen LogP contribution is 2.38. The highest BCUT2D eigenvalue weighted by atomic mass is 16.6. The Bertz CT molecular complexity index is 1390. The molecule has 0 bridgehead atoms. The fraction of sp³-hybridized carbons (Fsp3) is 0.457. The number of nitro benzene ring substituents is 1. The van der Waals surface area contributed by atoms with Gasteiger partial charge < -0.3 is 19.7 Å². The Kier molecular flexibility index (Phi) is 11.6. The molecule has 0 aliphatic heterocycles. The topological polar surface area (TPSA) is 93.9 Å². The van der Waals surface area contributed by atoms with E-state index in [0.29, 0.717) is 43.0 Å². The third kappa shape index (κ3) is 8.96. The zero-order chi connectivity index (χ0) is 31.6. The molecule has 0 atom stereocenters. The average molecular weight is 590 g/mol. The van der Waals surface area contributed by atoms with Gasteiger partial charge in [-0.15, -0.1) is 0 Å². The van der Waals surface area contributed by atoms with Crippen molar-refractivity contribution in [2.45, 2.75) is 84.6 Å². The van der Waals surface area contributed by atoms with Crippen LogP contribution in [0.25, 0.3) is 0 Å². The number of ether oxygens (including phenoxy) is 2. The Morgan fingerprint density at radius 3 is 2.33 bits per heavy atom. The fourth-order valence-corrected chi connectivity index (χ4v) is 4.77. The molecule has 0 fully saturated rings. The van der Waals surface area contributed by atoms with Crippen molar-refractivity contribution in [1.82, 2.24) is 4.90 Å². The summed E-state index contributed by atoms with van der Waals surface area (Å²) in [6.45, 7) is 14.5. The van der Waals surface area contributed by atoms with Crippen molar-refractivity contribution in [3.8, 4) is 11.5 Å². The van der Waals surface area contributed by atoms with Crippen LogP contribution in [0.5, 0.6) is 11.5 Å². The molecule has 3 aromatic carbocycles. The molecule has 3 aromatic rings. The number of carbonyl (C=O) groups is 1. The van der Waals surface area contributed by atoms with Crippen molar-refractivity contribution in [2.24, 2.45) is 0 Å². The molecule has 1 N–H and O–H groups in total. The quantitative estimate of drug-likeness (QED) is 0.109. The normalized spacial score (nSPS) is 11.6. The lowest BCUT2D eigenvalue weighted by Gasteiger charge is -2.30. The number of carbonyl (C=O) groups excluding carboxylic acids is 1. The minimum atomic E-state index is -0.413. The highest BCUT2D eigenvalue weighted by molar-refractivity contribution is 5.89. The predicted molar refractivity (Wildman–Crippen MR) is 173 cm³/mol. The van der Waals surface area contributed by atoms with Crippen LogP contribution in [0.1, 0.15) is 83.9 Å². The van der Waals surface area contributed by atoms with E-state index in [1.807, 2.05) is 0 Å². The average Bonchev–Trinajstić information content (AvgIpc) is 3.00. The van der Waals surface area contributed by atoms with E-state index in [-0.39, 0.29) is 29.1 Å².